The van der Waals surface area contributed by atoms with Gasteiger partial charge in [0, 0.05) is 34.9 Å². The van der Waals surface area contributed by atoms with Gasteiger partial charge in [-0.3, -0.25) is 4.79 Å². The van der Waals surface area contributed by atoms with E-state index < -0.39 is 0 Å². The van der Waals surface area contributed by atoms with E-state index in [2.05, 4.69) is 15.9 Å². The van der Waals surface area contributed by atoms with Gasteiger partial charge in [0.2, 0.25) is 0 Å². The highest BCUT2D eigenvalue weighted by atomic mass is 79.9. The number of hydrogen-bond acceptors (Lipinski definition) is 3. The molecular formula is C15H21BrN2O2. The van der Waals surface area contributed by atoms with Crippen molar-refractivity contribution in [3.05, 3.63) is 27.7 Å². The van der Waals surface area contributed by atoms with Crippen LogP contribution in [0.2, 0.25) is 0 Å². The van der Waals surface area contributed by atoms with Crippen LogP contribution in [0.3, 0.4) is 0 Å². The van der Waals surface area contributed by atoms with E-state index in [0.29, 0.717) is 11.3 Å². The summed E-state index contributed by atoms with van der Waals surface area (Å²) in [5, 5.41) is 8.96. The molecule has 0 spiro atoms. The highest BCUT2D eigenvalue weighted by molar-refractivity contribution is 9.10. The third-order valence-electron chi connectivity index (χ3n) is 3.98. The number of aliphatic hydroxyl groups excluding tert-OH is 1. The largest absolute Gasteiger partial charge is 0.398 e. The summed E-state index contributed by atoms with van der Waals surface area (Å²) < 4.78 is 0.829. The van der Waals surface area contributed by atoms with E-state index in [9.17, 15) is 4.79 Å². The number of anilines is 1. The molecule has 1 amide bonds. The third kappa shape index (κ3) is 3.15. The second-order valence-electron chi connectivity index (χ2n) is 5.33. The smallest absolute Gasteiger partial charge is 0.254 e. The molecule has 3 N–H and O–H groups in total. The number of rotatable bonds is 4. The number of halogens is 1. The number of amides is 1. The summed E-state index contributed by atoms with van der Waals surface area (Å²) in [6.07, 6.45) is 3.66. The minimum absolute atomic E-state index is 0.0518. The number of carbonyl (C=O) groups is 1. The summed E-state index contributed by atoms with van der Waals surface area (Å²) >= 11 is 3.40. The highest BCUT2D eigenvalue weighted by Gasteiger charge is 2.30. The van der Waals surface area contributed by atoms with Gasteiger partial charge in [0.25, 0.3) is 5.91 Å². The van der Waals surface area contributed by atoms with Gasteiger partial charge in [-0.05, 0) is 50.3 Å². The molecule has 0 aromatic heterocycles. The molecule has 1 aromatic carbocycles. The van der Waals surface area contributed by atoms with E-state index in [1.165, 1.54) is 0 Å². The summed E-state index contributed by atoms with van der Waals surface area (Å²) in [5.41, 5.74) is 8.08. The first kappa shape index (κ1) is 15.3. The van der Waals surface area contributed by atoms with Crippen LogP contribution in [-0.4, -0.2) is 35.1 Å². The van der Waals surface area contributed by atoms with Crippen molar-refractivity contribution in [1.29, 1.82) is 0 Å². The Balaban J connectivity index is 2.22. The minimum Gasteiger partial charge on any atom is -0.398 e. The Morgan fingerprint density at radius 1 is 1.55 bits per heavy atom. The standard InChI is InChI=1S/C15H21BrN2O2/c1-10-13(8-11(16)9-14(10)17)15(20)18-6-2-4-12(18)5-3-7-19/h8-9,12,19H,2-7,17H2,1H3. The number of hydrogen-bond donors (Lipinski definition) is 2. The van der Waals surface area contributed by atoms with Crippen molar-refractivity contribution in [2.45, 2.75) is 38.6 Å². The maximum Gasteiger partial charge on any atom is 0.254 e. The van der Waals surface area contributed by atoms with E-state index >= 15 is 0 Å². The first-order valence-electron chi connectivity index (χ1n) is 7.02. The molecule has 20 heavy (non-hydrogen) atoms. The van der Waals surface area contributed by atoms with Gasteiger partial charge in [-0.15, -0.1) is 0 Å². The molecule has 5 heteroatoms. The van der Waals surface area contributed by atoms with Gasteiger partial charge in [0.1, 0.15) is 0 Å². The molecule has 0 aliphatic carbocycles. The van der Waals surface area contributed by atoms with Crippen molar-refractivity contribution in [1.82, 2.24) is 4.90 Å². The Kier molecular flexibility index (Phi) is 5.05. The van der Waals surface area contributed by atoms with Crippen LogP contribution in [0.5, 0.6) is 0 Å². The Labute approximate surface area is 128 Å². The van der Waals surface area contributed by atoms with Crippen molar-refractivity contribution < 1.29 is 9.90 Å². The lowest BCUT2D eigenvalue weighted by Gasteiger charge is -2.25. The number of nitrogen functional groups attached to an aromatic ring is 1. The van der Waals surface area contributed by atoms with Gasteiger partial charge >= 0.3 is 0 Å². The number of nitrogens with two attached hydrogens (primary N) is 1. The molecule has 2 rings (SSSR count). The molecule has 0 bridgehead atoms. The van der Waals surface area contributed by atoms with Gasteiger partial charge in [0.05, 0.1) is 0 Å². The van der Waals surface area contributed by atoms with E-state index in [0.717, 1.165) is 42.3 Å². The maximum atomic E-state index is 12.7. The summed E-state index contributed by atoms with van der Waals surface area (Å²) in [5.74, 6) is 0.0518. The van der Waals surface area contributed by atoms with E-state index in [-0.39, 0.29) is 18.6 Å². The SMILES string of the molecule is Cc1c(N)cc(Br)cc1C(=O)N1CCCC1CCCO. The van der Waals surface area contributed by atoms with Crippen LogP contribution in [0, 0.1) is 6.92 Å². The van der Waals surface area contributed by atoms with Gasteiger partial charge in [-0.2, -0.15) is 0 Å². The first-order chi connectivity index (χ1) is 9.54. The quantitative estimate of drug-likeness (QED) is 0.828. The van der Waals surface area contributed by atoms with Crippen LogP contribution < -0.4 is 5.73 Å². The fourth-order valence-corrected chi connectivity index (χ4v) is 3.28. The predicted octanol–water partition coefficient (Wildman–Crippen LogP) is 2.72. The summed E-state index contributed by atoms with van der Waals surface area (Å²) in [4.78, 5) is 14.7. The van der Waals surface area contributed by atoms with Crippen LogP contribution in [0.1, 0.15) is 41.6 Å². The second-order valence-corrected chi connectivity index (χ2v) is 6.24. The molecule has 0 radical (unpaired) electrons. The van der Waals surface area contributed by atoms with Crippen LogP contribution in [0.25, 0.3) is 0 Å². The number of likely N-dealkylation sites (tertiary alicyclic amines) is 1. The van der Waals surface area contributed by atoms with Gasteiger partial charge in [-0.25, -0.2) is 0 Å². The zero-order valence-electron chi connectivity index (χ0n) is 11.7. The summed E-state index contributed by atoms with van der Waals surface area (Å²) in [7, 11) is 0. The zero-order valence-corrected chi connectivity index (χ0v) is 13.3. The average molecular weight is 341 g/mol. The maximum absolute atomic E-state index is 12.7. The number of benzene rings is 1. The Morgan fingerprint density at radius 2 is 2.30 bits per heavy atom. The molecule has 1 aliphatic heterocycles. The van der Waals surface area contributed by atoms with Gasteiger partial charge < -0.3 is 15.7 Å². The topological polar surface area (TPSA) is 66.6 Å². The molecule has 1 aromatic rings. The van der Waals surface area contributed by atoms with E-state index in [1.807, 2.05) is 24.0 Å². The monoisotopic (exact) mass is 340 g/mol. The van der Waals surface area contributed by atoms with Crippen LogP contribution in [0.15, 0.2) is 16.6 Å². The zero-order chi connectivity index (χ0) is 14.7. The normalized spacial score (nSPS) is 18.6. The molecule has 0 saturated carbocycles. The molecule has 1 saturated heterocycles. The van der Waals surface area contributed by atoms with Crippen LogP contribution in [-0.2, 0) is 0 Å². The second kappa shape index (κ2) is 6.59. The lowest BCUT2D eigenvalue weighted by atomic mass is 10.0. The number of aliphatic hydroxyl groups is 1. The molecule has 4 nitrogen and oxygen atoms in total. The predicted molar refractivity (Wildman–Crippen MR) is 83.7 cm³/mol. The summed E-state index contributed by atoms with van der Waals surface area (Å²) in [6.45, 7) is 2.86. The van der Waals surface area contributed by atoms with Gasteiger partial charge in [0.15, 0.2) is 0 Å². The Hall–Kier alpha value is -1.07. The molecule has 1 atom stereocenters. The van der Waals surface area contributed by atoms with Crippen molar-refractivity contribution in [3.63, 3.8) is 0 Å². The van der Waals surface area contributed by atoms with E-state index in [1.54, 1.807) is 0 Å². The van der Waals surface area contributed by atoms with Crippen LogP contribution >= 0.6 is 15.9 Å². The van der Waals surface area contributed by atoms with Crippen molar-refractivity contribution in [2.24, 2.45) is 0 Å². The lowest BCUT2D eigenvalue weighted by Crippen LogP contribution is -2.36. The van der Waals surface area contributed by atoms with Crippen LogP contribution in [0.4, 0.5) is 5.69 Å². The molecule has 1 heterocycles. The van der Waals surface area contributed by atoms with E-state index in [4.69, 9.17) is 10.8 Å². The van der Waals surface area contributed by atoms with Crippen molar-refractivity contribution >= 4 is 27.5 Å². The Bertz CT molecular complexity index is 505. The van der Waals surface area contributed by atoms with Crippen molar-refractivity contribution in [3.8, 4) is 0 Å². The lowest BCUT2D eigenvalue weighted by molar-refractivity contribution is 0.0723. The molecule has 1 unspecified atom stereocenters. The molecule has 1 fully saturated rings. The number of nitrogens with zero attached hydrogens (tertiary/aromatic N) is 1. The molecular weight excluding hydrogens is 320 g/mol. The van der Waals surface area contributed by atoms with Gasteiger partial charge in [-0.1, -0.05) is 15.9 Å². The fourth-order valence-electron chi connectivity index (χ4n) is 2.81. The minimum atomic E-state index is 0.0518. The molecule has 110 valence electrons. The number of carbonyl (C=O) groups excluding carboxylic acids is 1. The Morgan fingerprint density at radius 3 is 3.00 bits per heavy atom. The highest BCUT2D eigenvalue weighted by Crippen LogP contribution is 2.28. The average Bonchev–Trinajstić information content (AvgIpc) is 2.88. The van der Waals surface area contributed by atoms with Crippen molar-refractivity contribution in [2.75, 3.05) is 18.9 Å². The third-order valence-corrected chi connectivity index (χ3v) is 4.43. The first-order valence-corrected chi connectivity index (χ1v) is 7.81. The summed E-state index contributed by atoms with van der Waals surface area (Å²) in [6, 6.07) is 3.91. The fraction of sp³-hybridized carbons (Fsp3) is 0.533. The molecule has 1 aliphatic rings.